The molecule has 3 rings (SSSR count). The van der Waals surface area contributed by atoms with E-state index in [1.54, 1.807) is 0 Å². The zero-order valence-electron chi connectivity index (χ0n) is 13.0. The molecular formula is C17H23N3S2. The van der Waals surface area contributed by atoms with Crippen LogP contribution < -0.4 is 5.32 Å². The summed E-state index contributed by atoms with van der Waals surface area (Å²) < 4.78 is 1.29. The van der Waals surface area contributed by atoms with Crippen molar-refractivity contribution in [3.8, 4) is 0 Å². The number of fused-ring (bicyclic) bond motifs is 1. The van der Waals surface area contributed by atoms with Gasteiger partial charge in [0.25, 0.3) is 0 Å². The highest BCUT2D eigenvalue weighted by Crippen LogP contribution is 2.32. The summed E-state index contributed by atoms with van der Waals surface area (Å²) in [6.45, 7) is 5.25. The maximum Gasteiger partial charge on any atom is 0.168 e. The minimum absolute atomic E-state index is 0.511. The van der Waals surface area contributed by atoms with Crippen LogP contribution in [0.5, 0.6) is 0 Å². The first-order valence-corrected chi connectivity index (χ1v) is 9.38. The largest absolute Gasteiger partial charge is 0.363 e. The van der Waals surface area contributed by atoms with Crippen molar-refractivity contribution in [2.45, 2.75) is 38.5 Å². The molecule has 2 aromatic rings. The van der Waals surface area contributed by atoms with Gasteiger partial charge in [-0.05, 0) is 43.6 Å². The van der Waals surface area contributed by atoms with Gasteiger partial charge in [0.2, 0.25) is 0 Å². The number of likely N-dealkylation sites (tertiary alicyclic amines) is 1. The molecule has 0 bridgehead atoms. The van der Waals surface area contributed by atoms with E-state index in [1.165, 1.54) is 35.4 Å². The third kappa shape index (κ3) is 3.58. The highest BCUT2D eigenvalue weighted by Gasteiger charge is 2.25. The number of hydrogen-bond acceptors (Lipinski definition) is 3. The molecule has 1 aliphatic heterocycles. The fraction of sp³-hybridized carbons (Fsp3) is 0.529. The monoisotopic (exact) mass is 333 g/mol. The molecule has 0 saturated carbocycles. The van der Waals surface area contributed by atoms with E-state index in [2.05, 4.69) is 41.4 Å². The Morgan fingerprint density at radius 1 is 1.45 bits per heavy atom. The third-order valence-corrected chi connectivity index (χ3v) is 5.78. The molecule has 1 fully saturated rings. The molecule has 1 saturated heterocycles. The second-order valence-corrected chi connectivity index (χ2v) is 7.34. The second-order valence-electron chi connectivity index (χ2n) is 5.89. The topological polar surface area (TPSA) is 28.2 Å². The molecule has 1 unspecified atom stereocenters. The normalized spacial score (nSPS) is 18.6. The minimum Gasteiger partial charge on any atom is -0.363 e. The van der Waals surface area contributed by atoms with Gasteiger partial charge in [-0.25, -0.2) is 4.98 Å². The molecule has 22 heavy (non-hydrogen) atoms. The number of piperidine rings is 1. The van der Waals surface area contributed by atoms with Crippen molar-refractivity contribution in [3.63, 3.8) is 0 Å². The molecule has 2 heterocycles. The quantitative estimate of drug-likeness (QED) is 0.672. The molecule has 3 nitrogen and oxygen atoms in total. The first-order valence-electron chi connectivity index (χ1n) is 8.16. The average Bonchev–Trinajstić information content (AvgIpc) is 2.99. The summed E-state index contributed by atoms with van der Waals surface area (Å²) in [5, 5.41) is 5.57. The fourth-order valence-corrected chi connectivity index (χ4v) is 4.27. The molecule has 1 aromatic carbocycles. The number of aromatic nitrogens is 1. The van der Waals surface area contributed by atoms with Crippen LogP contribution in [0.3, 0.4) is 0 Å². The van der Waals surface area contributed by atoms with E-state index >= 15 is 0 Å². The number of nitrogens with one attached hydrogen (secondary N) is 1. The van der Waals surface area contributed by atoms with Gasteiger partial charge in [0.05, 0.1) is 15.2 Å². The lowest BCUT2D eigenvalue weighted by molar-refractivity contribution is 0.305. The number of benzene rings is 1. The SMILES string of the molecule is CCCCNC(=S)N1CCCC(c2nc3ccccc3s2)C1. The van der Waals surface area contributed by atoms with Crippen molar-refractivity contribution >= 4 is 38.9 Å². The maximum atomic E-state index is 5.55. The van der Waals surface area contributed by atoms with E-state index in [9.17, 15) is 0 Å². The predicted molar refractivity (Wildman–Crippen MR) is 98.7 cm³/mol. The summed E-state index contributed by atoms with van der Waals surface area (Å²) in [4.78, 5) is 7.16. The first-order chi connectivity index (χ1) is 10.8. The van der Waals surface area contributed by atoms with Gasteiger partial charge in [-0.1, -0.05) is 25.5 Å². The Balaban J connectivity index is 1.66. The van der Waals surface area contributed by atoms with Crippen LogP contribution in [0.4, 0.5) is 0 Å². The number of unbranched alkanes of at least 4 members (excludes halogenated alkanes) is 1. The average molecular weight is 334 g/mol. The van der Waals surface area contributed by atoms with Crippen LogP contribution >= 0.6 is 23.6 Å². The number of nitrogens with zero attached hydrogens (tertiary/aromatic N) is 2. The molecular weight excluding hydrogens is 310 g/mol. The summed E-state index contributed by atoms with van der Waals surface area (Å²) in [5.41, 5.74) is 1.13. The van der Waals surface area contributed by atoms with Crippen LogP contribution in [0.1, 0.15) is 43.5 Å². The van der Waals surface area contributed by atoms with Gasteiger partial charge in [-0.2, -0.15) is 0 Å². The van der Waals surface area contributed by atoms with Gasteiger partial charge in [-0.15, -0.1) is 11.3 Å². The van der Waals surface area contributed by atoms with Gasteiger partial charge in [0.1, 0.15) is 0 Å². The second kappa shape index (κ2) is 7.38. The van der Waals surface area contributed by atoms with Crippen LogP contribution in [0, 0.1) is 0 Å². The van der Waals surface area contributed by atoms with Gasteiger partial charge >= 0.3 is 0 Å². The predicted octanol–water partition coefficient (Wildman–Crippen LogP) is 4.15. The van der Waals surface area contributed by atoms with Gasteiger partial charge in [0, 0.05) is 25.6 Å². The molecule has 118 valence electrons. The molecule has 1 aliphatic rings. The van der Waals surface area contributed by atoms with Crippen LogP contribution in [0.2, 0.25) is 0 Å². The van der Waals surface area contributed by atoms with E-state index in [4.69, 9.17) is 17.2 Å². The van der Waals surface area contributed by atoms with Crippen molar-refractivity contribution in [2.24, 2.45) is 0 Å². The number of rotatable bonds is 4. The first kappa shape index (κ1) is 15.7. The van der Waals surface area contributed by atoms with E-state index in [-0.39, 0.29) is 0 Å². The smallest absolute Gasteiger partial charge is 0.168 e. The standard InChI is InChI=1S/C17H23N3S2/c1-2-3-10-18-17(21)20-11-6-7-13(12-20)16-19-14-8-4-5-9-15(14)22-16/h4-5,8-9,13H,2-3,6-7,10-12H2,1H3,(H,18,21). The Hall–Kier alpha value is -1.20. The number of thiazole rings is 1. The molecule has 1 atom stereocenters. The van der Waals surface area contributed by atoms with Crippen LogP contribution in [0.15, 0.2) is 24.3 Å². The van der Waals surface area contributed by atoms with E-state index < -0.39 is 0 Å². The molecule has 0 spiro atoms. The minimum atomic E-state index is 0.511. The van der Waals surface area contributed by atoms with Crippen molar-refractivity contribution in [1.82, 2.24) is 15.2 Å². The third-order valence-electron chi connectivity index (χ3n) is 4.17. The Labute approximate surface area is 141 Å². The summed E-state index contributed by atoms with van der Waals surface area (Å²) in [7, 11) is 0. The summed E-state index contributed by atoms with van der Waals surface area (Å²) in [6, 6.07) is 8.41. The number of para-hydroxylation sites is 1. The molecule has 0 amide bonds. The lowest BCUT2D eigenvalue weighted by Crippen LogP contribution is -2.45. The Bertz CT molecular complexity index is 605. The molecule has 1 aromatic heterocycles. The lowest BCUT2D eigenvalue weighted by Gasteiger charge is -2.33. The molecule has 1 N–H and O–H groups in total. The Morgan fingerprint density at radius 2 is 2.32 bits per heavy atom. The number of hydrogen-bond donors (Lipinski definition) is 1. The lowest BCUT2D eigenvalue weighted by atomic mass is 9.99. The Kier molecular flexibility index (Phi) is 5.26. The summed E-state index contributed by atoms with van der Waals surface area (Å²) in [6.07, 6.45) is 4.78. The van der Waals surface area contributed by atoms with Crippen molar-refractivity contribution in [2.75, 3.05) is 19.6 Å². The van der Waals surface area contributed by atoms with Gasteiger partial charge < -0.3 is 10.2 Å². The van der Waals surface area contributed by atoms with Crippen molar-refractivity contribution < 1.29 is 0 Å². The zero-order valence-corrected chi connectivity index (χ0v) is 14.7. The fourth-order valence-electron chi connectivity index (χ4n) is 2.91. The van der Waals surface area contributed by atoms with Gasteiger partial charge in [0.15, 0.2) is 5.11 Å². The Morgan fingerprint density at radius 3 is 3.14 bits per heavy atom. The maximum absolute atomic E-state index is 5.55. The molecule has 5 heteroatoms. The molecule has 0 aliphatic carbocycles. The van der Waals surface area contributed by atoms with E-state index in [0.717, 1.165) is 30.3 Å². The van der Waals surface area contributed by atoms with Crippen LogP contribution in [0.25, 0.3) is 10.2 Å². The van der Waals surface area contributed by atoms with Crippen LogP contribution in [-0.2, 0) is 0 Å². The summed E-state index contributed by atoms with van der Waals surface area (Å²) in [5.74, 6) is 0.511. The van der Waals surface area contributed by atoms with Crippen molar-refractivity contribution in [1.29, 1.82) is 0 Å². The molecule has 0 radical (unpaired) electrons. The summed E-state index contributed by atoms with van der Waals surface area (Å²) >= 11 is 7.39. The van der Waals surface area contributed by atoms with E-state index in [0.29, 0.717) is 5.92 Å². The van der Waals surface area contributed by atoms with Crippen molar-refractivity contribution in [3.05, 3.63) is 29.3 Å². The zero-order chi connectivity index (χ0) is 15.4. The highest BCUT2D eigenvalue weighted by atomic mass is 32.1. The number of thiocarbonyl (C=S) groups is 1. The van der Waals surface area contributed by atoms with Gasteiger partial charge in [-0.3, -0.25) is 0 Å². The highest BCUT2D eigenvalue weighted by molar-refractivity contribution is 7.80. The van der Waals surface area contributed by atoms with Crippen LogP contribution in [-0.4, -0.2) is 34.6 Å². The van der Waals surface area contributed by atoms with E-state index in [1.807, 2.05) is 11.3 Å².